The van der Waals surface area contributed by atoms with Crippen LogP contribution in [-0.4, -0.2) is 17.7 Å². The van der Waals surface area contributed by atoms with E-state index < -0.39 is 58.2 Å². The number of esters is 1. The topological polar surface area (TPSA) is 55.8 Å². The number of hydrogen-bond acceptors (Lipinski definition) is 4. The quantitative estimate of drug-likeness (QED) is 0.0766. The summed E-state index contributed by atoms with van der Waals surface area (Å²) in [5, 5.41) is 9.45. The highest BCUT2D eigenvalue weighted by atomic mass is 32.2. The molecular weight excluding hydrogens is 484 g/mol. The molecular formula is C26H18F4O4S. The number of rotatable bonds is 7. The van der Waals surface area contributed by atoms with E-state index in [1.54, 1.807) is 12.1 Å². The maximum absolute atomic E-state index is 13.8. The predicted molar refractivity (Wildman–Crippen MR) is 122 cm³/mol. The lowest BCUT2D eigenvalue weighted by Crippen LogP contribution is -2.19. The summed E-state index contributed by atoms with van der Waals surface area (Å²) in [6, 6.07) is 26.9. The van der Waals surface area contributed by atoms with Gasteiger partial charge in [0.2, 0.25) is 34.8 Å². The van der Waals surface area contributed by atoms with Crippen molar-refractivity contribution in [3.63, 3.8) is 0 Å². The molecule has 4 rings (SSSR count). The van der Waals surface area contributed by atoms with Crippen molar-refractivity contribution in [3.8, 4) is 17.2 Å². The Morgan fingerprint density at radius 1 is 0.686 bits per heavy atom. The summed E-state index contributed by atoms with van der Waals surface area (Å²) in [5.41, 5.74) is 0. The summed E-state index contributed by atoms with van der Waals surface area (Å²) in [7, 11) is -0.848. The first kappa shape index (κ1) is 24.2. The Morgan fingerprint density at radius 2 is 1.17 bits per heavy atom. The molecule has 1 N–H and O–H groups in total. The molecule has 0 saturated carbocycles. The zero-order chi connectivity index (χ0) is 24.9. The highest BCUT2D eigenvalue weighted by Gasteiger charge is 2.28. The van der Waals surface area contributed by atoms with Crippen LogP contribution in [0.3, 0.4) is 0 Å². The zero-order valence-corrected chi connectivity index (χ0v) is 18.8. The number of ether oxygens (including phenoxy) is 2. The van der Waals surface area contributed by atoms with Gasteiger partial charge in [0.25, 0.3) is 0 Å². The van der Waals surface area contributed by atoms with Gasteiger partial charge in [0.15, 0.2) is 6.61 Å². The maximum Gasteiger partial charge on any atom is 0.349 e. The van der Waals surface area contributed by atoms with Gasteiger partial charge in [-0.25, -0.2) is 13.6 Å². The molecule has 180 valence electrons. The highest BCUT2D eigenvalue weighted by Crippen LogP contribution is 2.51. The molecule has 0 radical (unpaired) electrons. The van der Waals surface area contributed by atoms with Crippen molar-refractivity contribution < 1.29 is 36.9 Å². The number of carbonyl (C=O) groups excluding carboxylic acids is 1. The van der Waals surface area contributed by atoms with Crippen LogP contribution in [0.2, 0.25) is 0 Å². The van der Waals surface area contributed by atoms with Gasteiger partial charge in [-0.15, -0.1) is 0 Å². The molecule has 4 aromatic rings. The van der Waals surface area contributed by atoms with Gasteiger partial charge in [0, 0.05) is 0 Å². The van der Waals surface area contributed by atoms with Crippen LogP contribution in [0.5, 0.6) is 17.2 Å². The molecule has 0 aliphatic carbocycles. The number of phenolic OH excluding ortho intramolecular Hbond substituents is 1. The van der Waals surface area contributed by atoms with Crippen molar-refractivity contribution in [2.75, 3.05) is 6.61 Å². The summed E-state index contributed by atoms with van der Waals surface area (Å²) in [6.45, 7) is -0.759. The molecule has 0 aromatic heterocycles. The predicted octanol–water partition coefficient (Wildman–Crippen LogP) is 6.41. The van der Waals surface area contributed by atoms with Crippen molar-refractivity contribution in [2.24, 2.45) is 0 Å². The average molecular weight is 502 g/mol. The number of carbonyl (C=O) groups is 1. The summed E-state index contributed by atoms with van der Waals surface area (Å²) in [6.07, 6.45) is 0. The van der Waals surface area contributed by atoms with Crippen LogP contribution in [0.15, 0.2) is 99.6 Å². The lowest BCUT2D eigenvalue weighted by molar-refractivity contribution is -0.137. The van der Waals surface area contributed by atoms with Crippen molar-refractivity contribution in [2.45, 2.75) is 14.7 Å². The van der Waals surface area contributed by atoms with E-state index in [1.807, 2.05) is 48.5 Å². The van der Waals surface area contributed by atoms with Gasteiger partial charge < -0.3 is 14.6 Å². The monoisotopic (exact) mass is 502 g/mol. The molecule has 0 atom stereocenters. The molecule has 0 spiro atoms. The minimum Gasteiger partial charge on any atom is -0.502 e. The standard InChI is InChI=1S/C26H18F4O4S/c27-21-22(28)24(30)26(25(32)23(21)29)34-20(31)15-33-16-11-13-19(14-12-16)35(17-7-3-1-4-8-17)18-9-5-2-6-10-18/h1-14,32,35H,15H2. The molecule has 0 aliphatic heterocycles. The van der Waals surface area contributed by atoms with Crippen molar-refractivity contribution >= 4 is 16.9 Å². The van der Waals surface area contributed by atoms with Crippen molar-refractivity contribution in [1.29, 1.82) is 0 Å². The number of halogens is 4. The number of thiol groups is 1. The zero-order valence-electron chi connectivity index (χ0n) is 17.9. The third kappa shape index (κ3) is 5.25. The Labute approximate surface area is 200 Å². The fraction of sp³-hybridized carbons (Fsp3) is 0.0385. The van der Waals surface area contributed by atoms with Gasteiger partial charge in [0.05, 0.1) is 0 Å². The third-order valence-corrected chi connectivity index (χ3v) is 7.34. The Morgan fingerprint density at radius 3 is 1.71 bits per heavy atom. The molecule has 35 heavy (non-hydrogen) atoms. The summed E-state index contributed by atoms with van der Waals surface area (Å²) in [4.78, 5) is 15.3. The first-order valence-corrected chi connectivity index (χ1v) is 11.6. The summed E-state index contributed by atoms with van der Waals surface area (Å²) >= 11 is 0. The number of benzene rings is 4. The summed E-state index contributed by atoms with van der Waals surface area (Å²) in [5.74, 6) is -12.6. The van der Waals surface area contributed by atoms with E-state index in [4.69, 9.17) is 4.74 Å². The fourth-order valence-corrected chi connectivity index (χ4v) is 5.55. The Hall–Kier alpha value is -3.98. The van der Waals surface area contributed by atoms with Crippen LogP contribution in [0.4, 0.5) is 17.6 Å². The average Bonchev–Trinajstić information content (AvgIpc) is 2.90. The number of phenols is 1. The molecule has 0 heterocycles. The second-order valence-electron chi connectivity index (χ2n) is 7.20. The lowest BCUT2D eigenvalue weighted by Gasteiger charge is -2.23. The number of aromatic hydroxyl groups is 1. The Bertz CT molecular complexity index is 1260. The van der Waals surface area contributed by atoms with E-state index in [2.05, 4.69) is 29.0 Å². The van der Waals surface area contributed by atoms with Crippen LogP contribution in [0.25, 0.3) is 0 Å². The molecule has 0 amide bonds. The largest absolute Gasteiger partial charge is 0.502 e. The van der Waals surface area contributed by atoms with Gasteiger partial charge in [-0.05, 0) is 63.2 Å². The van der Waals surface area contributed by atoms with Gasteiger partial charge in [-0.1, -0.05) is 36.4 Å². The van der Waals surface area contributed by atoms with E-state index in [0.717, 1.165) is 14.7 Å². The minimum absolute atomic E-state index is 0.280. The molecule has 4 nitrogen and oxygen atoms in total. The lowest BCUT2D eigenvalue weighted by atomic mass is 10.2. The molecule has 0 unspecified atom stereocenters. The molecule has 4 aromatic carbocycles. The second kappa shape index (κ2) is 10.5. The number of hydrogen-bond donors (Lipinski definition) is 2. The third-order valence-electron chi connectivity index (χ3n) is 4.90. The molecule has 0 fully saturated rings. The van der Waals surface area contributed by atoms with Crippen molar-refractivity contribution in [1.82, 2.24) is 0 Å². The SMILES string of the molecule is O=C(COc1ccc([SH](c2ccccc2)c2ccccc2)cc1)Oc1c(O)c(F)c(F)c(F)c1F. The summed E-state index contributed by atoms with van der Waals surface area (Å²) < 4.78 is 63.5. The second-order valence-corrected chi connectivity index (χ2v) is 9.42. The molecule has 9 heteroatoms. The smallest absolute Gasteiger partial charge is 0.349 e. The van der Waals surface area contributed by atoms with Crippen LogP contribution >= 0.6 is 10.9 Å². The first-order chi connectivity index (χ1) is 16.9. The van der Waals surface area contributed by atoms with E-state index in [0.29, 0.717) is 0 Å². The van der Waals surface area contributed by atoms with Crippen LogP contribution < -0.4 is 9.47 Å². The van der Waals surface area contributed by atoms with Crippen molar-refractivity contribution in [3.05, 3.63) is 108 Å². The van der Waals surface area contributed by atoms with Crippen LogP contribution in [0, 0.1) is 23.3 Å². The molecule has 0 bridgehead atoms. The van der Waals surface area contributed by atoms with E-state index >= 15 is 0 Å². The fourth-order valence-electron chi connectivity index (χ4n) is 3.27. The van der Waals surface area contributed by atoms with Crippen LogP contribution in [-0.2, 0) is 4.79 Å². The Balaban J connectivity index is 1.48. The first-order valence-electron chi connectivity index (χ1n) is 10.3. The molecule has 0 saturated heterocycles. The van der Waals surface area contributed by atoms with E-state index in [-0.39, 0.29) is 5.75 Å². The van der Waals surface area contributed by atoms with Gasteiger partial charge in [0.1, 0.15) is 5.75 Å². The van der Waals surface area contributed by atoms with Crippen LogP contribution in [0.1, 0.15) is 0 Å². The maximum atomic E-state index is 13.8. The van der Waals surface area contributed by atoms with Gasteiger partial charge in [-0.2, -0.15) is 19.7 Å². The van der Waals surface area contributed by atoms with Gasteiger partial charge in [-0.3, -0.25) is 0 Å². The van der Waals surface area contributed by atoms with Gasteiger partial charge >= 0.3 is 5.97 Å². The molecule has 0 aliphatic rings. The minimum atomic E-state index is -2.22. The van der Waals surface area contributed by atoms with E-state index in [1.165, 1.54) is 0 Å². The highest BCUT2D eigenvalue weighted by molar-refractivity contribution is 8.17. The Kier molecular flexibility index (Phi) is 7.26. The normalized spacial score (nSPS) is 11.1. The van der Waals surface area contributed by atoms with E-state index in [9.17, 15) is 27.5 Å².